The van der Waals surface area contributed by atoms with E-state index in [-0.39, 0.29) is 16.0 Å². The fourth-order valence-electron chi connectivity index (χ4n) is 6.01. The highest BCUT2D eigenvalue weighted by Crippen LogP contribution is 2.43. The van der Waals surface area contributed by atoms with Gasteiger partial charge < -0.3 is 23.2 Å². The van der Waals surface area contributed by atoms with Crippen molar-refractivity contribution in [2.45, 2.75) is 110 Å². The van der Waals surface area contributed by atoms with E-state index < -0.39 is 16.6 Å². The van der Waals surface area contributed by atoms with E-state index >= 15 is 0 Å². The Labute approximate surface area is 299 Å². The Kier molecular flexibility index (Phi) is 11.5. The highest BCUT2D eigenvalue weighted by molar-refractivity contribution is 6.75. The summed E-state index contributed by atoms with van der Waals surface area (Å²) in [6, 6.07) is 23.8. The van der Waals surface area contributed by atoms with E-state index in [0.29, 0.717) is 6.61 Å². The van der Waals surface area contributed by atoms with Crippen LogP contribution in [0.25, 0.3) is 0 Å². The van der Waals surface area contributed by atoms with Crippen molar-refractivity contribution in [3.63, 3.8) is 0 Å². The first-order valence-corrected chi connectivity index (χ1v) is 24.3. The third kappa shape index (κ3) is 9.64. The Morgan fingerprint density at radius 1 is 0.735 bits per heavy atom. The van der Waals surface area contributed by atoms with Crippen LogP contribution in [0.3, 0.4) is 0 Å². The van der Waals surface area contributed by atoms with E-state index in [4.69, 9.17) is 18.3 Å². The van der Waals surface area contributed by atoms with Crippen LogP contribution in [0.2, 0.25) is 36.3 Å². The Bertz CT molecular complexity index is 1520. The van der Waals surface area contributed by atoms with E-state index in [9.17, 15) is 0 Å². The molecule has 0 saturated carbocycles. The van der Waals surface area contributed by atoms with Crippen molar-refractivity contribution in [2.24, 2.45) is 0 Å². The molecule has 3 aromatic carbocycles. The fourth-order valence-corrected chi connectivity index (χ4v) is 8.05. The van der Waals surface area contributed by atoms with Crippen LogP contribution >= 0.6 is 0 Å². The van der Waals surface area contributed by atoms with Gasteiger partial charge in [-0.05, 0) is 110 Å². The number of fused-ring (bicyclic) bond motifs is 1. The molecule has 0 bridgehead atoms. The minimum absolute atomic E-state index is 0.110. The highest BCUT2D eigenvalue weighted by atomic mass is 28.4. The summed E-state index contributed by atoms with van der Waals surface area (Å²) in [4.78, 5) is 4.99. The van der Waals surface area contributed by atoms with Gasteiger partial charge in [-0.15, -0.1) is 0 Å². The summed E-state index contributed by atoms with van der Waals surface area (Å²) in [5.74, 6) is 3.82. The summed E-state index contributed by atoms with van der Waals surface area (Å²) >= 11 is 0. The van der Waals surface area contributed by atoms with Crippen LogP contribution in [-0.2, 0) is 6.54 Å². The summed E-state index contributed by atoms with van der Waals surface area (Å²) in [5, 5.41) is 0.240. The second-order valence-corrected chi connectivity index (χ2v) is 26.7. The first-order chi connectivity index (χ1) is 23.0. The normalized spacial score (nSPS) is 17.9. The number of piperidine rings is 1. The van der Waals surface area contributed by atoms with Gasteiger partial charge in [-0.3, -0.25) is 4.90 Å². The average Bonchev–Trinajstić information content (AvgIpc) is 3.20. The third-order valence-corrected chi connectivity index (χ3v) is 20.0. The van der Waals surface area contributed by atoms with Crippen molar-refractivity contribution in [2.75, 3.05) is 44.3 Å². The van der Waals surface area contributed by atoms with Crippen LogP contribution < -0.4 is 23.2 Å². The molecule has 268 valence electrons. The zero-order valence-corrected chi connectivity index (χ0v) is 34.0. The molecule has 2 aliphatic heterocycles. The predicted octanol–water partition coefficient (Wildman–Crippen LogP) is 10.5. The minimum atomic E-state index is -2.01. The molecule has 0 aromatic heterocycles. The molecule has 0 amide bonds. The molecule has 0 aliphatic carbocycles. The van der Waals surface area contributed by atoms with Gasteiger partial charge in [-0.25, -0.2) is 0 Å². The summed E-state index contributed by atoms with van der Waals surface area (Å²) in [6.07, 6.45) is 3.97. The van der Waals surface area contributed by atoms with Crippen LogP contribution in [-0.4, -0.2) is 60.9 Å². The standard InChI is InChI=1S/C41H62N2O4Si2/c1-40(2,3)48(7,8)46-36-16-14-15-33(27-36)34-30-43(29-32-17-19-35(20-18-32)44-26-25-42-23-12-11-13-24-42)38-22-21-37(28-39(38)45-31-34)47-49(9,10)41(4,5)6/h14-22,27-28,34H,11-13,23-26,29-31H2,1-10H3. The quantitative estimate of drug-likeness (QED) is 0.185. The summed E-state index contributed by atoms with van der Waals surface area (Å²) in [6.45, 7) is 29.2. The van der Waals surface area contributed by atoms with Gasteiger partial charge >= 0.3 is 0 Å². The van der Waals surface area contributed by atoms with Gasteiger partial charge in [0.25, 0.3) is 0 Å². The van der Waals surface area contributed by atoms with Crippen molar-refractivity contribution in [3.8, 4) is 23.0 Å². The number of rotatable bonds is 11. The van der Waals surface area contributed by atoms with Gasteiger partial charge in [0, 0.05) is 31.6 Å². The molecular weight excluding hydrogens is 641 g/mol. The smallest absolute Gasteiger partial charge is 0.250 e. The Balaban J connectivity index is 1.37. The Morgan fingerprint density at radius 3 is 1.98 bits per heavy atom. The molecular formula is C41H62N2O4Si2. The number of ether oxygens (including phenoxy) is 2. The van der Waals surface area contributed by atoms with E-state index in [0.717, 1.165) is 54.9 Å². The van der Waals surface area contributed by atoms with Crippen molar-refractivity contribution in [3.05, 3.63) is 77.9 Å². The maximum Gasteiger partial charge on any atom is 0.250 e. The number of hydrogen-bond donors (Lipinski definition) is 0. The molecule has 1 atom stereocenters. The lowest BCUT2D eigenvalue weighted by Gasteiger charge is -2.36. The van der Waals surface area contributed by atoms with E-state index in [2.05, 4.69) is 144 Å². The summed E-state index contributed by atoms with van der Waals surface area (Å²) in [7, 11) is -3.98. The second kappa shape index (κ2) is 15.1. The van der Waals surface area contributed by atoms with E-state index in [1.807, 2.05) is 0 Å². The number of nitrogens with zero attached hydrogens (tertiary/aromatic N) is 2. The molecule has 8 heteroatoms. The van der Waals surface area contributed by atoms with Crippen molar-refractivity contribution in [1.29, 1.82) is 0 Å². The monoisotopic (exact) mass is 702 g/mol. The zero-order chi connectivity index (χ0) is 35.5. The highest BCUT2D eigenvalue weighted by Gasteiger charge is 2.40. The molecule has 5 rings (SSSR count). The molecule has 0 radical (unpaired) electrons. The number of likely N-dealkylation sites (tertiary alicyclic amines) is 1. The van der Waals surface area contributed by atoms with Crippen molar-refractivity contribution >= 4 is 22.3 Å². The van der Waals surface area contributed by atoms with Gasteiger partial charge in [0.15, 0.2) is 0 Å². The Hall–Kier alpha value is -2.95. The molecule has 1 unspecified atom stereocenters. The SMILES string of the molecule is CC(C)(C)[Si](C)(C)Oc1cccc(C2COc3cc(O[Si](C)(C)C(C)(C)C)ccc3N(Cc3ccc(OCCN4CCCCC4)cc3)C2)c1. The Morgan fingerprint density at radius 2 is 1.35 bits per heavy atom. The van der Waals surface area contributed by atoms with E-state index in [1.165, 1.54) is 43.5 Å². The molecule has 1 fully saturated rings. The third-order valence-electron chi connectivity index (χ3n) is 11.3. The second-order valence-electron chi connectivity index (χ2n) is 17.2. The first kappa shape index (κ1) is 37.3. The molecule has 49 heavy (non-hydrogen) atoms. The maximum atomic E-state index is 6.73. The van der Waals surface area contributed by atoms with Crippen LogP contribution in [0.5, 0.6) is 23.0 Å². The van der Waals surface area contributed by atoms with Gasteiger partial charge in [0.05, 0.1) is 12.3 Å². The number of benzene rings is 3. The average molecular weight is 703 g/mol. The van der Waals surface area contributed by atoms with Gasteiger partial charge in [-0.1, -0.05) is 72.2 Å². The lowest BCUT2D eigenvalue weighted by atomic mass is 9.99. The van der Waals surface area contributed by atoms with Crippen LogP contribution in [0.15, 0.2) is 66.7 Å². The molecule has 3 aromatic rings. The van der Waals surface area contributed by atoms with Crippen LogP contribution in [0.4, 0.5) is 5.69 Å². The lowest BCUT2D eigenvalue weighted by molar-refractivity contribution is 0.183. The molecule has 0 spiro atoms. The van der Waals surface area contributed by atoms with Gasteiger partial charge in [0.1, 0.15) is 29.6 Å². The topological polar surface area (TPSA) is 43.4 Å². The largest absolute Gasteiger partial charge is 0.543 e. The predicted molar refractivity (Wildman–Crippen MR) is 210 cm³/mol. The minimum Gasteiger partial charge on any atom is -0.543 e. The first-order valence-electron chi connectivity index (χ1n) is 18.4. The molecule has 2 heterocycles. The van der Waals surface area contributed by atoms with Crippen LogP contribution in [0.1, 0.15) is 77.8 Å². The molecule has 2 aliphatic rings. The van der Waals surface area contributed by atoms with Crippen LogP contribution in [0, 0.1) is 0 Å². The number of hydrogen-bond acceptors (Lipinski definition) is 6. The number of anilines is 1. The van der Waals surface area contributed by atoms with Crippen molar-refractivity contribution in [1.82, 2.24) is 4.90 Å². The summed E-state index contributed by atoms with van der Waals surface area (Å²) < 4.78 is 26.3. The van der Waals surface area contributed by atoms with Gasteiger partial charge in [-0.2, -0.15) is 0 Å². The van der Waals surface area contributed by atoms with Crippen molar-refractivity contribution < 1.29 is 18.3 Å². The molecule has 1 saturated heterocycles. The lowest BCUT2D eigenvalue weighted by Crippen LogP contribution is -2.43. The summed E-state index contributed by atoms with van der Waals surface area (Å²) in [5.41, 5.74) is 3.58. The molecule has 6 nitrogen and oxygen atoms in total. The zero-order valence-electron chi connectivity index (χ0n) is 32.0. The maximum absolute atomic E-state index is 6.73. The molecule has 0 N–H and O–H groups in total. The fraction of sp³-hybridized carbons (Fsp3) is 0.561. The van der Waals surface area contributed by atoms with E-state index in [1.54, 1.807) is 0 Å². The van der Waals surface area contributed by atoms with Gasteiger partial charge in [0.2, 0.25) is 16.6 Å².